The first-order valence-corrected chi connectivity index (χ1v) is 9.62. The number of nitrogens with one attached hydrogen (secondary N) is 1. The summed E-state index contributed by atoms with van der Waals surface area (Å²) in [5, 5.41) is 11.5. The van der Waals surface area contributed by atoms with E-state index in [1.807, 2.05) is 60.7 Å². The fourth-order valence-electron chi connectivity index (χ4n) is 2.82. The van der Waals surface area contributed by atoms with Gasteiger partial charge in [0.1, 0.15) is 6.61 Å². The first-order valence-electron chi connectivity index (χ1n) is 9.21. The molecule has 0 aliphatic rings. The van der Waals surface area contributed by atoms with Gasteiger partial charge in [-0.2, -0.15) is 14.9 Å². The number of ether oxygens (including phenoxy) is 2. The van der Waals surface area contributed by atoms with Gasteiger partial charge < -0.3 is 9.47 Å². The van der Waals surface area contributed by atoms with Gasteiger partial charge in [-0.1, -0.05) is 30.3 Å². The van der Waals surface area contributed by atoms with Crippen LogP contribution < -0.4 is 9.47 Å². The largest absolute Gasteiger partial charge is 0.493 e. The Morgan fingerprint density at radius 1 is 1.10 bits per heavy atom. The van der Waals surface area contributed by atoms with Crippen LogP contribution in [0.15, 0.2) is 78.2 Å². The van der Waals surface area contributed by atoms with Crippen molar-refractivity contribution >= 4 is 18.4 Å². The van der Waals surface area contributed by atoms with Crippen LogP contribution in [0, 0.1) is 4.77 Å². The Morgan fingerprint density at radius 3 is 2.73 bits per heavy atom. The van der Waals surface area contributed by atoms with Gasteiger partial charge in [0.2, 0.25) is 4.77 Å². The maximum atomic E-state index is 5.90. The van der Waals surface area contributed by atoms with E-state index in [0.717, 1.165) is 16.7 Å². The van der Waals surface area contributed by atoms with Gasteiger partial charge in [-0.15, -0.1) is 0 Å². The highest BCUT2D eigenvalue weighted by molar-refractivity contribution is 7.71. The molecule has 0 aliphatic heterocycles. The molecule has 2 aromatic heterocycles. The van der Waals surface area contributed by atoms with Crippen molar-refractivity contribution in [2.45, 2.75) is 6.61 Å². The number of hydrogen-bond acceptors (Lipinski definition) is 6. The van der Waals surface area contributed by atoms with E-state index < -0.39 is 0 Å². The van der Waals surface area contributed by atoms with Crippen molar-refractivity contribution in [3.63, 3.8) is 0 Å². The van der Waals surface area contributed by atoms with E-state index >= 15 is 0 Å². The van der Waals surface area contributed by atoms with E-state index in [1.165, 1.54) is 0 Å². The lowest BCUT2D eigenvalue weighted by molar-refractivity contribution is 0.284. The van der Waals surface area contributed by atoms with Crippen LogP contribution in [0.3, 0.4) is 0 Å². The molecule has 0 saturated carbocycles. The lowest BCUT2D eigenvalue weighted by Gasteiger charge is -2.11. The van der Waals surface area contributed by atoms with Gasteiger partial charge in [-0.25, -0.2) is 5.10 Å². The summed E-state index contributed by atoms with van der Waals surface area (Å²) >= 11 is 5.30. The Kier molecular flexibility index (Phi) is 5.95. The highest BCUT2D eigenvalue weighted by atomic mass is 32.1. The van der Waals surface area contributed by atoms with Crippen LogP contribution in [-0.2, 0) is 6.61 Å². The number of benzene rings is 2. The number of hydrogen-bond donors (Lipinski definition) is 1. The van der Waals surface area contributed by atoms with Crippen LogP contribution in [-0.4, -0.2) is 33.2 Å². The zero-order chi connectivity index (χ0) is 20.8. The summed E-state index contributed by atoms with van der Waals surface area (Å²) in [7, 11) is 1.61. The minimum atomic E-state index is 0.389. The summed E-state index contributed by atoms with van der Waals surface area (Å²) < 4.78 is 13.3. The zero-order valence-electron chi connectivity index (χ0n) is 16.2. The average Bonchev–Trinajstić information content (AvgIpc) is 3.18. The van der Waals surface area contributed by atoms with Gasteiger partial charge in [0.05, 0.1) is 13.3 Å². The quantitative estimate of drug-likeness (QED) is 0.355. The molecular formula is C22H19N5O2S. The minimum Gasteiger partial charge on any atom is -0.493 e. The van der Waals surface area contributed by atoms with Gasteiger partial charge >= 0.3 is 0 Å². The molecule has 2 heterocycles. The van der Waals surface area contributed by atoms with Crippen molar-refractivity contribution in [3.8, 4) is 22.9 Å². The van der Waals surface area contributed by atoms with E-state index in [4.69, 9.17) is 21.7 Å². The van der Waals surface area contributed by atoms with Crippen LogP contribution in [0.5, 0.6) is 11.5 Å². The summed E-state index contributed by atoms with van der Waals surface area (Å²) in [6.07, 6.45) is 5.10. The van der Waals surface area contributed by atoms with Gasteiger partial charge in [0.25, 0.3) is 0 Å². The predicted molar refractivity (Wildman–Crippen MR) is 117 cm³/mol. The summed E-state index contributed by atoms with van der Waals surface area (Å²) in [5.41, 5.74) is 2.73. The van der Waals surface area contributed by atoms with E-state index in [2.05, 4.69) is 20.3 Å². The van der Waals surface area contributed by atoms with E-state index in [1.54, 1.807) is 30.4 Å². The SMILES string of the molecule is COc1cc(/C=N\n2c(-c3cccnc3)n[nH]c2=S)ccc1OCc1ccccc1. The third-order valence-corrected chi connectivity index (χ3v) is 4.58. The number of nitrogens with zero attached hydrogens (tertiary/aromatic N) is 4. The van der Waals surface area contributed by atoms with Crippen LogP contribution in [0.4, 0.5) is 0 Å². The normalized spacial score (nSPS) is 11.0. The Balaban J connectivity index is 1.55. The van der Waals surface area contributed by atoms with Crippen molar-refractivity contribution in [2.75, 3.05) is 7.11 Å². The third-order valence-electron chi connectivity index (χ3n) is 4.32. The molecule has 0 bridgehead atoms. The second kappa shape index (κ2) is 9.15. The molecule has 0 unspecified atom stereocenters. The van der Waals surface area contributed by atoms with E-state index in [9.17, 15) is 0 Å². The maximum Gasteiger partial charge on any atom is 0.216 e. The average molecular weight is 417 g/mol. The number of aromatic amines is 1. The van der Waals surface area contributed by atoms with Crippen LogP contribution in [0.2, 0.25) is 0 Å². The molecule has 0 amide bonds. The van der Waals surface area contributed by atoms with Crippen LogP contribution >= 0.6 is 12.2 Å². The van der Waals surface area contributed by atoms with Crippen LogP contribution in [0.1, 0.15) is 11.1 Å². The topological polar surface area (TPSA) is 77.3 Å². The lowest BCUT2D eigenvalue weighted by Crippen LogP contribution is -1.99. The summed E-state index contributed by atoms with van der Waals surface area (Å²) in [6, 6.07) is 19.3. The van der Waals surface area contributed by atoms with Gasteiger partial charge in [0.15, 0.2) is 17.3 Å². The molecule has 2 aromatic carbocycles. The molecule has 0 atom stereocenters. The highest BCUT2D eigenvalue weighted by Crippen LogP contribution is 2.28. The van der Waals surface area contributed by atoms with Crippen molar-refractivity contribution in [1.82, 2.24) is 19.9 Å². The summed E-state index contributed by atoms with van der Waals surface area (Å²) in [4.78, 5) is 4.12. The number of pyridine rings is 1. The monoisotopic (exact) mass is 417 g/mol. The van der Waals surface area contributed by atoms with E-state index in [0.29, 0.717) is 28.7 Å². The Labute approximate surface area is 178 Å². The number of H-pyrrole nitrogens is 1. The molecule has 4 rings (SSSR count). The van der Waals surface area contributed by atoms with Gasteiger partial charge in [-0.05, 0) is 53.7 Å². The molecule has 7 nitrogen and oxygen atoms in total. The molecule has 8 heteroatoms. The third kappa shape index (κ3) is 4.44. The van der Waals surface area contributed by atoms with Crippen molar-refractivity contribution in [2.24, 2.45) is 5.10 Å². The standard InChI is InChI=1S/C22H19N5O2S/c1-28-20-12-17(9-10-19(20)29-15-16-6-3-2-4-7-16)13-24-27-21(25-26-22(27)30)18-8-5-11-23-14-18/h2-14H,15H2,1H3,(H,26,30)/b24-13-. The summed E-state index contributed by atoms with van der Waals surface area (Å²) in [6.45, 7) is 0.462. The molecule has 30 heavy (non-hydrogen) atoms. The second-order valence-corrected chi connectivity index (χ2v) is 6.72. The number of methoxy groups -OCH3 is 1. The molecule has 4 aromatic rings. The first-order chi connectivity index (χ1) is 14.7. The Bertz CT molecular complexity index is 1200. The second-order valence-electron chi connectivity index (χ2n) is 6.34. The number of rotatable bonds is 7. The predicted octanol–water partition coefficient (Wildman–Crippen LogP) is 4.47. The Morgan fingerprint density at radius 2 is 1.97 bits per heavy atom. The molecule has 0 aliphatic carbocycles. The summed E-state index contributed by atoms with van der Waals surface area (Å²) in [5.74, 6) is 1.87. The molecule has 0 saturated heterocycles. The lowest BCUT2D eigenvalue weighted by atomic mass is 10.2. The molecular weight excluding hydrogens is 398 g/mol. The molecule has 150 valence electrons. The van der Waals surface area contributed by atoms with Crippen molar-refractivity contribution < 1.29 is 9.47 Å². The smallest absolute Gasteiger partial charge is 0.216 e. The molecule has 0 spiro atoms. The van der Waals surface area contributed by atoms with Crippen LogP contribution in [0.25, 0.3) is 11.4 Å². The molecule has 1 N–H and O–H groups in total. The highest BCUT2D eigenvalue weighted by Gasteiger charge is 2.09. The molecule has 0 fully saturated rings. The fraction of sp³-hybridized carbons (Fsp3) is 0.0909. The first kappa shape index (κ1) is 19.5. The zero-order valence-corrected chi connectivity index (χ0v) is 17.0. The van der Waals surface area contributed by atoms with Gasteiger partial charge in [-0.3, -0.25) is 4.98 Å². The molecule has 0 radical (unpaired) electrons. The van der Waals surface area contributed by atoms with Crippen molar-refractivity contribution in [3.05, 3.63) is 89.0 Å². The minimum absolute atomic E-state index is 0.389. The van der Waals surface area contributed by atoms with Gasteiger partial charge in [0, 0.05) is 18.0 Å². The van der Waals surface area contributed by atoms with E-state index in [-0.39, 0.29) is 0 Å². The van der Waals surface area contributed by atoms with Crippen molar-refractivity contribution in [1.29, 1.82) is 0 Å². The fourth-order valence-corrected chi connectivity index (χ4v) is 3.00. The Hall–Kier alpha value is -3.78. The number of aromatic nitrogens is 4. The maximum absolute atomic E-state index is 5.90.